The van der Waals surface area contributed by atoms with E-state index in [9.17, 15) is 18.0 Å². The number of hydrogen-bond donors (Lipinski definition) is 2. The van der Waals surface area contributed by atoms with Gasteiger partial charge >= 0.3 is 0 Å². The third-order valence-corrected chi connectivity index (χ3v) is 7.08. The first-order valence-electron chi connectivity index (χ1n) is 10.1. The lowest BCUT2D eigenvalue weighted by molar-refractivity contribution is -0.863. The lowest BCUT2D eigenvalue weighted by Crippen LogP contribution is -3.11. The number of aryl methyl sites for hydroxylation is 2. The molecule has 1 aliphatic rings. The minimum atomic E-state index is -3.57. The fourth-order valence-corrected chi connectivity index (χ4v) is 5.07. The molecule has 0 bridgehead atoms. The van der Waals surface area contributed by atoms with Gasteiger partial charge in [0.2, 0.25) is 10.0 Å². The minimum absolute atomic E-state index is 0.0606. The first-order chi connectivity index (χ1) is 13.6. The van der Waals surface area contributed by atoms with Gasteiger partial charge in [-0.05, 0) is 37.5 Å². The number of amides is 2. The third-order valence-electron chi connectivity index (χ3n) is 5.04. The van der Waals surface area contributed by atoms with Crippen LogP contribution in [0.4, 0.5) is 0 Å². The number of carbonyl (C=O) groups excluding carboxylic acids is 2. The summed E-state index contributed by atoms with van der Waals surface area (Å²) in [6.07, 6.45) is 0.874. The van der Waals surface area contributed by atoms with E-state index in [1.165, 1.54) is 4.31 Å². The van der Waals surface area contributed by atoms with Gasteiger partial charge in [-0.15, -0.1) is 0 Å². The monoisotopic (exact) mass is 425 g/mol. The number of likely N-dealkylation sites (N-methyl/N-ethyl adjacent to an activating group) is 1. The van der Waals surface area contributed by atoms with Crippen molar-refractivity contribution in [3.8, 4) is 0 Å². The fraction of sp³-hybridized carbons (Fsp3) is 0.600. The van der Waals surface area contributed by atoms with Crippen LogP contribution in [0.15, 0.2) is 23.1 Å². The molecule has 29 heavy (non-hydrogen) atoms. The predicted molar refractivity (Wildman–Crippen MR) is 111 cm³/mol. The maximum atomic E-state index is 13.0. The first kappa shape index (κ1) is 23.3. The Morgan fingerprint density at radius 1 is 1.10 bits per heavy atom. The summed E-state index contributed by atoms with van der Waals surface area (Å²) in [5.74, 6) is -0.129. The van der Waals surface area contributed by atoms with Crippen molar-refractivity contribution < 1.29 is 22.9 Å². The van der Waals surface area contributed by atoms with Gasteiger partial charge in [-0.2, -0.15) is 4.31 Å². The van der Waals surface area contributed by atoms with Crippen molar-refractivity contribution >= 4 is 21.8 Å². The molecule has 162 valence electrons. The number of carbonyl (C=O) groups is 2. The lowest BCUT2D eigenvalue weighted by atomic mass is 10.2. The maximum Gasteiger partial charge on any atom is 0.277 e. The van der Waals surface area contributed by atoms with Crippen molar-refractivity contribution in [1.29, 1.82) is 0 Å². The molecule has 8 nitrogen and oxygen atoms in total. The van der Waals surface area contributed by atoms with Gasteiger partial charge < -0.3 is 15.1 Å². The van der Waals surface area contributed by atoms with E-state index in [1.54, 1.807) is 17.9 Å². The molecular weight excluding hydrogens is 392 g/mol. The first-order valence-corrected chi connectivity index (χ1v) is 11.5. The van der Waals surface area contributed by atoms with Crippen LogP contribution in [0.2, 0.25) is 0 Å². The summed E-state index contributed by atoms with van der Waals surface area (Å²) in [6.45, 7) is 8.01. The van der Waals surface area contributed by atoms with Crippen LogP contribution in [0, 0.1) is 13.8 Å². The SMILES string of the molecule is CCCNC(=O)C[NH+](C)CC(=O)N1CCN(S(=O)(=O)c2cc(C)ccc2C)CC1. The Kier molecular flexibility index (Phi) is 8.18. The van der Waals surface area contributed by atoms with E-state index in [2.05, 4.69) is 5.32 Å². The Bertz CT molecular complexity index is 833. The number of nitrogens with zero attached hydrogens (tertiary/aromatic N) is 2. The Labute approximate surface area is 173 Å². The summed E-state index contributed by atoms with van der Waals surface area (Å²) in [5.41, 5.74) is 1.62. The number of hydrogen-bond acceptors (Lipinski definition) is 4. The number of benzene rings is 1. The average Bonchev–Trinajstić information content (AvgIpc) is 2.68. The number of quaternary nitrogens is 1. The largest absolute Gasteiger partial charge is 0.351 e. The zero-order chi connectivity index (χ0) is 21.6. The van der Waals surface area contributed by atoms with Gasteiger partial charge in [-0.1, -0.05) is 19.1 Å². The summed E-state index contributed by atoms with van der Waals surface area (Å²) >= 11 is 0. The van der Waals surface area contributed by atoms with E-state index in [4.69, 9.17) is 0 Å². The van der Waals surface area contributed by atoms with Crippen LogP contribution in [0.3, 0.4) is 0 Å². The van der Waals surface area contributed by atoms with Gasteiger partial charge in [0.25, 0.3) is 11.8 Å². The zero-order valence-electron chi connectivity index (χ0n) is 17.8. The highest BCUT2D eigenvalue weighted by molar-refractivity contribution is 7.89. The van der Waals surface area contributed by atoms with Crippen LogP contribution in [0.1, 0.15) is 24.5 Å². The maximum absolute atomic E-state index is 13.0. The van der Waals surface area contributed by atoms with Gasteiger partial charge in [-0.25, -0.2) is 8.42 Å². The molecule has 1 aromatic rings. The quantitative estimate of drug-likeness (QED) is 0.569. The molecule has 1 aliphatic heterocycles. The number of rotatable bonds is 8. The van der Waals surface area contributed by atoms with E-state index in [0.29, 0.717) is 24.5 Å². The molecule has 2 rings (SSSR count). The molecule has 0 saturated carbocycles. The molecule has 1 heterocycles. The molecule has 0 radical (unpaired) electrons. The predicted octanol–water partition coefficient (Wildman–Crippen LogP) is -0.823. The Morgan fingerprint density at radius 3 is 2.38 bits per heavy atom. The summed E-state index contributed by atoms with van der Waals surface area (Å²) < 4.78 is 27.4. The van der Waals surface area contributed by atoms with Crippen molar-refractivity contribution in [2.45, 2.75) is 32.1 Å². The van der Waals surface area contributed by atoms with Crippen LogP contribution in [-0.4, -0.2) is 82.3 Å². The Morgan fingerprint density at radius 2 is 1.76 bits per heavy atom. The second-order valence-electron chi connectivity index (χ2n) is 7.71. The second-order valence-corrected chi connectivity index (χ2v) is 9.62. The van der Waals surface area contributed by atoms with Crippen LogP contribution in [0.5, 0.6) is 0 Å². The van der Waals surface area contributed by atoms with Crippen LogP contribution in [0.25, 0.3) is 0 Å². The average molecular weight is 426 g/mol. The molecule has 1 fully saturated rings. The smallest absolute Gasteiger partial charge is 0.277 e. The standard InChI is InChI=1S/C20H32N4O4S/c1-5-8-21-19(25)14-22(4)15-20(26)23-9-11-24(12-10-23)29(27,28)18-13-16(2)6-7-17(18)3/h6-7,13H,5,8-12,14-15H2,1-4H3,(H,21,25)/p+1. The molecular formula is C20H33N4O4S+. The van der Waals surface area contributed by atoms with Crippen molar-refractivity contribution in [3.63, 3.8) is 0 Å². The lowest BCUT2D eigenvalue weighted by Gasteiger charge is -2.34. The van der Waals surface area contributed by atoms with Crippen LogP contribution in [-0.2, 0) is 19.6 Å². The molecule has 0 aromatic heterocycles. The summed E-state index contributed by atoms with van der Waals surface area (Å²) in [4.78, 5) is 27.1. The minimum Gasteiger partial charge on any atom is -0.351 e. The molecule has 1 unspecified atom stereocenters. The van der Waals surface area contributed by atoms with Gasteiger partial charge in [0, 0.05) is 32.7 Å². The van der Waals surface area contributed by atoms with E-state index >= 15 is 0 Å². The van der Waals surface area contributed by atoms with Gasteiger partial charge in [0.15, 0.2) is 13.1 Å². The van der Waals surface area contributed by atoms with E-state index in [0.717, 1.165) is 22.4 Å². The molecule has 2 amide bonds. The molecule has 0 aliphatic carbocycles. The van der Waals surface area contributed by atoms with Gasteiger partial charge in [0.05, 0.1) is 11.9 Å². The summed E-state index contributed by atoms with van der Waals surface area (Å²) in [6, 6.07) is 5.41. The molecule has 2 N–H and O–H groups in total. The van der Waals surface area contributed by atoms with Crippen molar-refractivity contribution in [1.82, 2.24) is 14.5 Å². The molecule has 1 saturated heterocycles. The number of nitrogens with one attached hydrogen (secondary N) is 2. The second kappa shape index (κ2) is 10.2. The van der Waals surface area contributed by atoms with E-state index in [1.807, 2.05) is 33.0 Å². The number of sulfonamides is 1. The molecule has 0 spiro atoms. The van der Waals surface area contributed by atoms with Gasteiger partial charge in [0.1, 0.15) is 0 Å². The normalized spacial score (nSPS) is 16.5. The fourth-order valence-electron chi connectivity index (χ4n) is 3.34. The van der Waals surface area contributed by atoms with Crippen molar-refractivity contribution in [2.24, 2.45) is 0 Å². The molecule has 1 atom stereocenters. The van der Waals surface area contributed by atoms with Crippen LogP contribution < -0.4 is 10.2 Å². The van der Waals surface area contributed by atoms with E-state index in [-0.39, 0.29) is 38.0 Å². The van der Waals surface area contributed by atoms with Crippen LogP contribution >= 0.6 is 0 Å². The Hall–Kier alpha value is -1.97. The van der Waals surface area contributed by atoms with Crippen molar-refractivity contribution in [2.75, 3.05) is 52.9 Å². The van der Waals surface area contributed by atoms with Crippen molar-refractivity contribution in [3.05, 3.63) is 29.3 Å². The highest BCUT2D eigenvalue weighted by Crippen LogP contribution is 2.22. The van der Waals surface area contributed by atoms with E-state index < -0.39 is 10.0 Å². The highest BCUT2D eigenvalue weighted by Gasteiger charge is 2.31. The summed E-state index contributed by atoms with van der Waals surface area (Å²) in [7, 11) is -1.76. The zero-order valence-corrected chi connectivity index (χ0v) is 18.6. The molecule has 1 aromatic carbocycles. The Balaban J connectivity index is 1.90. The summed E-state index contributed by atoms with van der Waals surface area (Å²) in [5, 5.41) is 2.80. The topological polar surface area (TPSA) is 91.2 Å². The highest BCUT2D eigenvalue weighted by atomic mass is 32.2. The third kappa shape index (κ3) is 6.25. The van der Waals surface area contributed by atoms with Gasteiger partial charge in [-0.3, -0.25) is 9.59 Å². The molecule has 9 heteroatoms. The number of piperazine rings is 1.